The first kappa shape index (κ1) is 18.1. The summed E-state index contributed by atoms with van der Waals surface area (Å²) in [6.07, 6.45) is 0.556. The van der Waals surface area contributed by atoms with Crippen LogP contribution in [0.15, 0.2) is 48.5 Å². The zero-order valence-corrected chi connectivity index (χ0v) is 14.8. The molecule has 24 heavy (non-hydrogen) atoms. The molecule has 2 aromatic carbocycles. The van der Waals surface area contributed by atoms with E-state index in [-0.39, 0.29) is 12.0 Å². The van der Waals surface area contributed by atoms with Gasteiger partial charge in [0.15, 0.2) is 0 Å². The number of nitrogens with one attached hydrogen (secondary N) is 2. The number of ether oxygens (including phenoxy) is 1. The summed E-state index contributed by atoms with van der Waals surface area (Å²) in [5.74, 6) is 0.829. The van der Waals surface area contributed by atoms with Gasteiger partial charge in [0.25, 0.3) is 0 Å². The maximum Gasteiger partial charge on any atom is 0.222 e. The largest absolute Gasteiger partial charge is 0.491 e. The molecule has 0 saturated carbocycles. The molecule has 128 valence electrons. The number of hydrogen-bond donors (Lipinski definition) is 2. The fraction of sp³-hybridized carbons (Fsp3) is 0.316. The molecule has 0 aliphatic rings. The molecule has 0 aromatic heterocycles. The Morgan fingerprint density at radius 3 is 2.50 bits per heavy atom. The quantitative estimate of drug-likeness (QED) is 0.751. The van der Waals surface area contributed by atoms with Crippen LogP contribution in [0, 0.1) is 0 Å². The molecule has 1 amide bonds. The summed E-state index contributed by atoms with van der Waals surface area (Å²) in [4.78, 5) is 11.9. The summed E-state index contributed by atoms with van der Waals surface area (Å²) in [6, 6.07) is 15.2. The Bertz CT molecular complexity index is 657. The van der Waals surface area contributed by atoms with Gasteiger partial charge in [-0.15, -0.1) is 0 Å². The van der Waals surface area contributed by atoms with Crippen molar-refractivity contribution in [3.05, 3.63) is 59.1 Å². The first-order valence-electron chi connectivity index (χ1n) is 8.05. The zero-order chi connectivity index (χ0) is 17.4. The summed E-state index contributed by atoms with van der Waals surface area (Å²) in [7, 11) is 0. The SMILES string of the molecule is CC(C)Oc1ccc(NCCC(=O)NCc2ccccc2Cl)cc1. The number of carbonyl (C=O) groups is 1. The van der Waals surface area contributed by atoms with Crippen LogP contribution >= 0.6 is 11.6 Å². The highest BCUT2D eigenvalue weighted by Gasteiger charge is 2.04. The molecule has 5 heteroatoms. The lowest BCUT2D eigenvalue weighted by Gasteiger charge is -2.11. The first-order valence-corrected chi connectivity index (χ1v) is 8.43. The summed E-state index contributed by atoms with van der Waals surface area (Å²) < 4.78 is 5.59. The molecule has 4 nitrogen and oxygen atoms in total. The predicted octanol–water partition coefficient (Wildman–Crippen LogP) is 4.25. The van der Waals surface area contributed by atoms with E-state index in [1.165, 1.54) is 0 Å². The Balaban J connectivity index is 1.70. The van der Waals surface area contributed by atoms with E-state index in [0.29, 0.717) is 24.5 Å². The van der Waals surface area contributed by atoms with Crippen molar-refractivity contribution in [1.29, 1.82) is 0 Å². The van der Waals surface area contributed by atoms with Gasteiger partial charge in [0.1, 0.15) is 5.75 Å². The van der Waals surface area contributed by atoms with Crippen molar-refractivity contribution in [1.82, 2.24) is 5.32 Å². The number of hydrogen-bond acceptors (Lipinski definition) is 3. The number of carbonyl (C=O) groups excluding carboxylic acids is 1. The van der Waals surface area contributed by atoms with Gasteiger partial charge in [0.2, 0.25) is 5.91 Å². The molecule has 2 aromatic rings. The number of halogens is 1. The minimum absolute atomic E-state index is 0.0119. The Morgan fingerprint density at radius 2 is 1.83 bits per heavy atom. The first-order chi connectivity index (χ1) is 11.5. The zero-order valence-electron chi connectivity index (χ0n) is 14.0. The Labute approximate surface area is 148 Å². The van der Waals surface area contributed by atoms with Crippen LogP contribution in [0.25, 0.3) is 0 Å². The number of anilines is 1. The Hall–Kier alpha value is -2.20. The second kappa shape index (κ2) is 9.18. The van der Waals surface area contributed by atoms with Gasteiger partial charge in [0, 0.05) is 30.2 Å². The molecule has 0 radical (unpaired) electrons. The molecular weight excluding hydrogens is 324 g/mol. The molecule has 0 saturated heterocycles. The van der Waals surface area contributed by atoms with Crippen molar-refractivity contribution in [2.75, 3.05) is 11.9 Å². The molecule has 2 N–H and O–H groups in total. The van der Waals surface area contributed by atoms with Crippen LogP contribution in [-0.2, 0) is 11.3 Å². The minimum Gasteiger partial charge on any atom is -0.491 e. The maximum absolute atomic E-state index is 11.9. The lowest BCUT2D eigenvalue weighted by molar-refractivity contribution is -0.121. The smallest absolute Gasteiger partial charge is 0.222 e. The van der Waals surface area contributed by atoms with Crippen molar-refractivity contribution in [2.45, 2.75) is 32.9 Å². The van der Waals surface area contributed by atoms with Crippen molar-refractivity contribution >= 4 is 23.2 Å². The van der Waals surface area contributed by atoms with Crippen molar-refractivity contribution in [3.63, 3.8) is 0 Å². The minimum atomic E-state index is -0.0119. The van der Waals surface area contributed by atoms with E-state index in [2.05, 4.69) is 10.6 Å². The standard InChI is InChI=1S/C19H23ClN2O2/c1-14(2)24-17-9-7-16(8-10-17)21-12-11-19(23)22-13-15-5-3-4-6-18(15)20/h3-10,14,21H,11-13H2,1-2H3,(H,22,23). The van der Waals surface area contributed by atoms with Gasteiger partial charge in [-0.3, -0.25) is 4.79 Å². The molecule has 0 atom stereocenters. The van der Waals surface area contributed by atoms with Gasteiger partial charge >= 0.3 is 0 Å². The summed E-state index contributed by atoms with van der Waals surface area (Å²) in [5, 5.41) is 6.76. The van der Waals surface area contributed by atoms with Crippen molar-refractivity contribution in [3.8, 4) is 5.75 Å². The molecule has 0 aliphatic heterocycles. The molecule has 0 aliphatic carbocycles. The molecule has 0 bridgehead atoms. The van der Waals surface area contributed by atoms with E-state index in [9.17, 15) is 4.79 Å². The second-order valence-electron chi connectivity index (χ2n) is 5.74. The van der Waals surface area contributed by atoms with Crippen molar-refractivity contribution in [2.24, 2.45) is 0 Å². The summed E-state index contributed by atoms with van der Waals surface area (Å²) in [5.41, 5.74) is 1.88. The normalized spacial score (nSPS) is 10.5. The third kappa shape index (κ3) is 6.13. The van der Waals surface area contributed by atoms with Gasteiger partial charge in [0.05, 0.1) is 6.10 Å². The van der Waals surface area contributed by atoms with Crippen LogP contribution in [0.1, 0.15) is 25.8 Å². The lowest BCUT2D eigenvalue weighted by Crippen LogP contribution is -2.25. The van der Waals surface area contributed by atoms with Gasteiger partial charge in [-0.1, -0.05) is 29.8 Å². The third-order valence-corrected chi connectivity index (χ3v) is 3.71. The molecular formula is C19H23ClN2O2. The van der Waals surface area contributed by atoms with Crippen LogP contribution < -0.4 is 15.4 Å². The van der Waals surface area contributed by atoms with Gasteiger partial charge in [-0.2, -0.15) is 0 Å². The van der Waals surface area contributed by atoms with E-state index in [1.54, 1.807) is 0 Å². The van der Waals surface area contributed by atoms with Crippen LogP contribution in [0.3, 0.4) is 0 Å². The maximum atomic E-state index is 11.9. The number of amides is 1. The third-order valence-electron chi connectivity index (χ3n) is 3.34. The van der Waals surface area contributed by atoms with E-state index >= 15 is 0 Å². The topological polar surface area (TPSA) is 50.4 Å². The average Bonchev–Trinajstić information content (AvgIpc) is 2.55. The molecule has 0 unspecified atom stereocenters. The summed E-state index contributed by atoms with van der Waals surface area (Å²) in [6.45, 7) is 5.00. The Morgan fingerprint density at radius 1 is 1.12 bits per heavy atom. The molecule has 0 fully saturated rings. The number of rotatable bonds is 8. The fourth-order valence-electron chi connectivity index (χ4n) is 2.17. The van der Waals surface area contributed by atoms with Gasteiger partial charge in [-0.05, 0) is 49.7 Å². The van der Waals surface area contributed by atoms with Crippen LogP contribution in [0.5, 0.6) is 5.75 Å². The monoisotopic (exact) mass is 346 g/mol. The van der Waals surface area contributed by atoms with Crippen molar-refractivity contribution < 1.29 is 9.53 Å². The Kier molecular flexibility index (Phi) is 6.94. The van der Waals surface area contributed by atoms with Crippen LogP contribution in [0.4, 0.5) is 5.69 Å². The molecule has 2 rings (SSSR count). The fourth-order valence-corrected chi connectivity index (χ4v) is 2.37. The van der Waals surface area contributed by atoms with E-state index < -0.39 is 0 Å². The second-order valence-corrected chi connectivity index (χ2v) is 6.14. The highest BCUT2D eigenvalue weighted by Crippen LogP contribution is 2.17. The van der Waals surface area contributed by atoms with E-state index in [1.807, 2.05) is 62.4 Å². The predicted molar refractivity (Wildman–Crippen MR) is 98.6 cm³/mol. The summed E-state index contributed by atoms with van der Waals surface area (Å²) >= 11 is 6.06. The lowest BCUT2D eigenvalue weighted by atomic mass is 10.2. The van der Waals surface area contributed by atoms with Crippen LogP contribution in [-0.4, -0.2) is 18.6 Å². The van der Waals surface area contributed by atoms with Gasteiger partial charge in [-0.25, -0.2) is 0 Å². The highest BCUT2D eigenvalue weighted by molar-refractivity contribution is 6.31. The highest BCUT2D eigenvalue weighted by atomic mass is 35.5. The van der Waals surface area contributed by atoms with Gasteiger partial charge < -0.3 is 15.4 Å². The van der Waals surface area contributed by atoms with E-state index in [4.69, 9.17) is 16.3 Å². The average molecular weight is 347 g/mol. The molecule has 0 spiro atoms. The van der Waals surface area contributed by atoms with Crippen LogP contribution in [0.2, 0.25) is 5.02 Å². The molecule has 0 heterocycles. The number of benzene rings is 2. The van der Waals surface area contributed by atoms with E-state index in [0.717, 1.165) is 17.0 Å².